The number of nitrogens with zero attached hydrogens (tertiary/aromatic N) is 4. The molecule has 0 aliphatic carbocycles. The molecule has 3 aromatic heterocycles. The Morgan fingerprint density at radius 2 is 1.74 bits per heavy atom. The molecule has 0 spiro atoms. The summed E-state index contributed by atoms with van der Waals surface area (Å²) in [5.74, 6) is 1.19. The lowest BCUT2D eigenvalue weighted by atomic mass is 10.0. The molecule has 8 heteroatoms. The zero-order valence-corrected chi connectivity index (χ0v) is 18.6. The van der Waals surface area contributed by atoms with E-state index in [2.05, 4.69) is 15.4 Å². The van der Waals surface area contributed by atoms with Gasteiger partial charge in [-0.1, -0.05) is 60.7 Å². The molecule has 0 bridgehead atoms. The fourth-order valence-electron chi connectivity index (χ4n) is 3.91. The van der Waals surface area contributed by atoms with Gasteiger partial charge >= 0.3 is 0 Å². The third-order valence-electron chi connectivity index (χ3n) is 5.72. The number of rotatable bonds is 7. The highest BCUT2D eigenvalue weighted by Crippen LogP contribution is 2.18. The zero-order valence-electron chi connectivity index (χ0n) is 18.6. The molecule has 0 saturated heterocycles. The number of aromatic nitrogens is 4. The molecule has 0 saturated carbocycles. The molecule has 5 rings (SSSR count). The topological polar surface area (TPSA) is 94.4 Å². The van der Waals surface area contributed by atoms with E-state index < -0.39 is 0 Å². The van der Waals surface area contributed by atoms with Crippen LogP contribution in [0.1, 0.15) is 22.6 Å². The fraction of sp³-hybridized carbons (Fsp3) is 0.154. The third-order valence-corrected chi connectivity index (χ3v) is 5.72. The number of furan rings is 1. The van der Waals surface area contributed by atoms with Gasteiger partial charge in [0.25, 0.3) is 5.56 Å². The Kier molecular flexibility index (Phi) is 5.78. The molecule has 3 heterocycles. The van der Waals surface area contributed by atoms with Crippen LogP contribution in [0, 0.1) is 6.92 Å². The Hall–Kier alpha value is -4.46. The number of carbonyl (C=O) groups excluding carboxylic acids is 1. The Balaban J connectivity index is 1.58. The van der Waals surface area contributed by atoms with E-state index in [4.69, 9.17) is 4.42 Å². The molecule has 0 aliphatic heterocycles. The molecule has 0 fully saturated rings. The molecule has 170 valence electrons. The van der Waals surface area contributed by atoms with Crippen molar-refractivity contribution in [2.45, 2.75) is 26.4 Å². The normalized spacial score (nSPS) is 11.1. The van der Waals surface area contributed by atoms with Gasteiger partial charge in [-0.05, 0) is 24.6 Å². The fourth-order valence-corrected chi connectivity index (χ4v) is 3.91. The van der Waals surface area contributed by atoms with Gasteiger partial charge < -0.3 is 14.3 Å². The average molecular weight is 454 g/mol. The average Bonchev–Trinajstić information content (AvgIpc) is 3.55. The number of amides is 1. The second-order valence-electron chi connectivity index (χ2n) is 7.99. The van der Waals surface area contributed by atoms with E-state index in [1.54, 1.807) is 23.0 Å². The summed E-state index contributed by atoms with van der Waals surface area (Å²) in [6.07, 6.45) is 1.99. The number of hydrogen-bond donors (Lipinski definition) is 1. The first-order valence-corrected chi connectivity index (χ1v) is 11.0. The van der Waals surface area contributed by atoms with Crippen molar-refractivity contribution in [3.05, 3.63) is 112 Å². The number of nitrogens with one attached hydrogen (secondary N) is 1. The highest BCUT2D eigenvalue weighted by Gasteiger charge is 2.20. The molecule has 0 radical (unpaired) electrons. The summed E-state index contributed by atoms with van der Waals surface area (Å²) in [4.78, 5) is 30.9. The van der Waals surface area contributed by atoms with Crippen LogP contribution in [0.5, 0.6) is 0 Å². The lowest BCUT2D eigenvalue weighted by Gasteiger charge is -2.15. The van der Waals surface area contributed by atoms with Crippen molar-refractivity contribution in [2.75, 3.05) is 0 Å². The standard InChI is InChI=1S/C26H23N5O3/c1-18-22(15-19-9-4-2-5-10-19)25(33)31-26(28-24(29-31)20-11-6-3-7-12-20)30(18)17-23(32)27-16-21-13-8-14-34-21/h2-14H,15-17H2,1H3,(H,27,32). The zero-order chi connectivity index (χ0) is 23.5. The third kappa shape index (κ3) is 4.25. The summed E-state index contributed by atoms with van der Waals surface area (Å²) in [5, 5.41) is 7.36. The van der Waals surface area contributed by atoms with E-state index >= 15 is 0 Å². The highest BCUT2D eigenvalue weighted by atomic mass is 16.3. The Morgan fingerprint density at radius 3 is 2.44 bits per heavy atom. The van der Waals surface area contributed by atoms with Crippen LogP contribution in [0.25, 0.3) is 17.2 Å². The summed E-state index contributed by atoms with van der Waals surface area (Å²) in [5.41, 5.74) is 2.81. The van der Waals surface area contributed by atoms with E-state index in [-0.39, 0.29) is 24.6 Å². The summed E-state index contributed by atoms with van der Waals surface area (Å²) in [6.45, 7) is 2.11. The lowest BCUT2D eigenvalue weighted by Crippen LogP contribution is -2.32. The lowest BCUT2D eigenvalue weighted by molar-refractivity contribution is -0.121. The van der Waals surface area contributed by atoms with Crippen LogP contribution in [-0.2, 0) is 24.3 Å². The van der Waals surface area contributed by atoms with Crippen molar-refractivity contribution in [1.29, 1.82) is 0 Å². The highest BCUT2D eigenvalue weighted by molar-refractivity contribution is 5.76. The Morgan fingerprint density at radius 1 is 1.00 bits per heavy atom. The van der Waals surface area contributed by atoms with Crippen LogP contribution in [0.3, 0.4) is 0 Å². The molecule has 8 nitrogen and oxygen atoms in total. The van der Waals surface area contributed by atoms with Gasteiger partial charge in [-0.15, -0.1) is 5.10 Å². The SMILES string of the molecule is Cc1c(Cc2ccccc2)c(=O)n2nc(-c3ccccc3)nc2n1CC(=O)NCc1ccco1. The van der Waals surface area contributed by atoms with E-state index in [0.29, 0.717) is 35.0 Å². The van der Waals surface area contributed by atoms with Crippen molar-refractivity contribution in [3.63, 3.8) is 0 Å². The Bertz CT molecular complexity index is 1490. The van der Waals surface area contributed by atoms with Crippen molar-refractivity contribution >= 4 is 11.7 Å². The monoisotopic (exact) mass is 453 g/mol. The number of benzene rings is 2. The van der Waals surface area contributed by atoms with E-state index in [9.17, 15) is 9.59 Å². The maximum Gasteiger partial charge on any atom is 0.279 e. The predicted octanol–water partition coefficient (Wildman–Crippen LogP) is 3.37. The molecule has 0 unspecified atom stereocenters. The van der Waals surface area contributed by atoms with Gasteiger partial charge in [0, 0.05) is 23.2 Å². The summed E-state index contributed by atoms with van der Waals surface area (Å²) in [7, 11) is 0. The minimum atomic E-state index is -0.238. The van der Waals surface area contributed by atoms with Gasteiger partial charge in [-0.25, -0.2) is 0 Å². The van der Waals surface area contributed by atoms with Gasteiger partial charge in [0.2, 0.25) is 11.7 Å². The van der Waals surface area contributed by atoms with Gasteiger partial charge in [0.15, 0.2) is 5.82 Å². The predicted molar refractivity (Wildman–Crippen MR) is 127 cm³/mol. The second kappa shape index (κ2) is 9.19. The quantitative estimate of drug-likeness (QED) is 0.408. The molecule has 0 aliphatic rings. The summed E-state index contributed by atoms with van der Waals surface area (Å²) in [6, 6.07) is 22.8. The smallest absolute Gasteiger partial charge is 0.279 e. The molecule has 34 heavy (non-hydrogen) atoms. The number of carbonyl (C=O) groups is 1. The molecule has 1 amide bonds. The first kappa shape index (κ1) is 21.4. The maximum atomic E-state index is 13.5. The molecule has 1 N–H and O–H groups in total. The van der Waals surface area contributed by atoms with Crippen molar-refractivity contribution in [2.24, 2.45) is 0 Å². The van der Waals surface area contributed by atoms with E-state index in [1.807, 2.05) is 67.6 Å². The summed E-state index contributed by atoms with van der Waals surface area (Å²) >= 11 is 0. The second-order valence-corrected chi connectivity index (χ2v) is 7.99. The minimum absolute atomic E-state index is 0.00889. The van der Waals surface area contributed by atoms with Crippen molar-refractivity contribution < 1.29 is 9.21 Å². The largest absolute Gasteiger partial charge is 0.467 e. The van der Waals surface area contributed by atoms with Gasteiger partial charge in [0.05, 0.1) is 12.8 Å². The number of hydrogen-bond acceptors (Lipinski definition) is 5. The first-order chi connectivity index (χ1) is 16.6. The summed E-state index contributed by atoms with van der Waals surface area (Å²) < 4.78 is 8.34. The maximum absolute atomic E-state index is 13.5. The van der Waals surface area contributed by atoms with Crippen LogP contribution >= 0.6 is 0 Å². The molecule has 0 atom stereocenters. The first-order valence-electron chi connectivity index (χ1n) is 11.0. The Labute approximate surface area is 195 Å². The van der Waals surface area contributed by atoms with E-state index in [1.165, 1.54) is 4.52 Å². The van der Waals surface area contributed by atoms with Crippen molar-refractivity contribution in [3.8, 4) is 11.4 Å². The molecular formula is C26H23N5O3. The van der Waals surface area contributed by atoms with Crippen LogP contribution in [0.2, 0.25) is 0 Å². The van der Waals surface area contributed by atoms with Gasteiger partial charge in [-0.3, -0.25) is 9.59 Å². The van der Waals surface area contributed by atoms with E-state index in [0.717, 1.165) is 11.1 Å². The minimum Gasteiger partial charge on any atom is -0.467 e. The van der Waals surface area contributed by atoms with Crippen LogP contribution in [-0.4, -0.2) is 25.1 Å². The van der Waals surface area contributed by atoms with Crippen LogP contribution in [0.15, 0.2) is 88.3 Å². The van der Waals surface area contributed by atoms with Crippen molar-refractivity contribution in [1.82, 2.24) is 24.5 Å². The molecule has 2 aromatic carbocycles. The van der Waals surface area contributed by atoms with Gasteiger partial charge in [0.1, 0.15) is 12.3 Å². The van der Waals surface area contributed by atoms with Crippen LogP contribution < -0.4 is 10.9 Å². The van der Waals surface area contributed by atoms with Crippen LogP contribution in [0.4, 0.5) is 0 Å². The van der Waals surface area contributed by atoms with Gasteiger partial charge in [-0.2, -0.15) is 9.50 Å². The molecular weight excluding hydrogens is 430 g/mol. The molecule has 5 aromatic rings. The number of fused-ring (bicyclic) bond motifs is 1.